The van der Waals surface area contributed by atoms with E-state index in [0.717, 1.165) is 11.5 Å². The van der Waals surface area contributed by atoms with Crippen molar-refractivity contribution in [3.05, 3.63) is 0 Å². The maximum absolute atomic E-state index is 12.0. The third-order valence-corrected chi connectivity index (χ3v) is 13.1. The molecule has 0 radical (unpaired) electrons. The van der Waals surface area contributed by atoms with Crippen LogP contribution in [0.2, 0.25) is 0 Å². The van der Waals surface area contributed by atoms with E-state index in [-0.39, 0.29) is 0 Å². The summed E-state index contributed by atoms with van der Waals surface area (Å²) in [6.45, 7) is 4.58. The molecule has 286 valence electrons. The molecule has 0 heterocycles. The number of unbranched alkanes of at least 4 members (excludes halogenated alkanes) is 32. The minimum absolute atomic E-state index is 0.555. The fraction of sp³-hybridized carbons (Fsp3) is 0.950. The zero-order chi connectivity index (χ0) is 34.9. The average Bonchev–Trinajstić information content (AvgIpc) is 3.09. The van der Waals surface area contributed by atoms with Gasteiger partial charge in [-0.1, -0.05) is 241 Å². The van der Waals surface area contributed by atoms with E-state index in [9.17, 15) is 9.59 Å². The third kappa shape index (κ3) is 40.8. The van der Waals surface area contributed by atoms with E-state index in [1.54, 1.807) is 21.6 Å². The standard InChI is InChI=1S/C40H80N2O2S4/c1-3-5-7-9-11-13-15-17-19-21-23-25-27-29-31-33-35-37-45-47-41-39(43)40(44)42-48-46-38-36-34-32-30-28-26-24-22-20-18-16-14-12-10-8-6-4-2/h3-38H2,1-2H3,(H,41,43)(H,42,44). The Morgan fingerprint density at radius 3 is 0.708 bits per heavy atom. The largest absolute Gasteiger partial charge is 0.320 e. The van der Waals surface area contributed by atoms with Gasteiger partial charge in [-0.05, 0) is 12.8 Å². The van der Waals surface area contributed by atoms with Gasteiger partial charge in [0.15, 0.2) is 0 Å². The van der Waals surface area contributed by atoms with Gasteiger partial charge in [0.25, 0.3) is 0 Å². The van der Waals surface area contributed by atoms with Crippen molar-refractivity contribution in [2.24, 2.45) is 0 Å². The van der Waals surface area contributed by atoms with E-state index in [2.05, 4.69) is 23.3 Å². The zero-order valence-corrected chi connectivity index (χ0v) is 35.2. The fourth-order valence-corrected chi connectivity index (χ4v) is 9.36. The third-order valence-electron chi connectivity index (χ3n) is 9.26. The molecule has 0 aliphatic carbocycles. The predicted octanol–water partition coefficient (Wildman–Crippen LogP) is 15.1. The quantitative estimate of drug-likeness (QED) is 0.0282. The molecule has 0 aromatic heterocycles. The van der Waals surface area contributed by atoms with Crippen LogP contribution in [-0.2, 0) is 9.59 Å². The van der Waals surface area contributed by atoms with Crippen molar-refractivity contribution in [3.63, 3.8) is 0 Å². The molecule has 0 aromatic rings. The summed E-state index contributed by atoms with van der Waals surface area (Å²) in [5.74, 6) is 0.909. The highest BCUT2D eigenvalue weighted by Gasteiger charge is 2.13. The van der Waals surface area contributed by atoms with Gasteiger partial charge in [0.05, 0.1) is 0 Å². The summed E-state index contributed by atoms with van der Waals surface area (Å²) in [4.78, 5) is 24.0. The van der Waals surface area contributed by atoms with E-state index in [0.29, 0.717) is 0 Å². The van der Waals surface area contributed by atoms with Crippen LogP contribution >= 0.6 is 43.5 Å². The topological polar surface area (TPSA) is 58.2 Å². The van der Waals surface area contributed by atoms with Crippen LogP contribution in [0.5, 0.6) is 0 Å². The Morgan fingerprint density at radius 1 is 0.312 bits per heavy atom. The maximum Gasteiger partial charge on any atom is 0.320 e. The zero-order valence-electron chi connectivity index (χ0n) is 31.9. The molecule has 4 nitrogen and oxygen atoms in total. The highest BCUT2D eigenvalue weighted by atomic mass is 33.1. The van der Waals surface area contributed by atoms with Gasteiger partial charge in [-0.15, -0.1) is 0 Å². The molecular weight excluding hydrogens is 669 g/mol. The van der Waals surface area contributed by atoms with Gasteiger partial charge in [0.1, 0.15) is 0 Å². The lowest BCUT2D eigenvalue weighted by molar-refractivity contribution is -0.136. The van der Waals surface area contributed by atoms with Crippen molar-refractivity contribution in [2.45, 2.75) is 232 Å². The molecule has 0 saturated carbocycles. The van der Waals surface area contributed by atoms with E-state index >= 15 is 0 Å². The number of carbonyl (C=O) groups excluding carboxylic acids is 2. The van der Waals surface area contributed by atoms with Crippen LogP contribution in [-0.4, -0.2) is 23.3 Å². The van der Waals surface area contributed by atoms with Crippen LogP contribution in [0.3, 0.4) is 0 Å². The summed E-state index contributed by atoms with van der Waals surface area (Å²) >= 11 is 0. The van der Waals surface area contributed by atoms with Gasteiger partial charge >= 0.3 is 11.8 Å². The molecule has 0 atom stereocenters. The van der Waals surface area contributed by atoms with E-state index < -0.39 is 11.8 Å². The van der Waals surface area contributed by atoms with E-state index in [4.69, 9.17) is 0 Å². The van der Waals surface area contributed by atoms with Crippen LogP contribution in [0.4, 0.5) is 0 Å². The lowest BCUT2D eigenvalue weighted by Gasteiger charge is -2.05. The van der Waals surface area contributed by atoms with Crippen LogP contribution < -0.4 is 9.44 Å². The van der Waals surface area contributed by atoms with Crippen molar-refractivity contribution in [1.29, 1.82) is 0 Å². The van der Waals surface area contributed by atoms with Gasteiger partial charge < -0.3 is 0 Å². The van der Waals surface area contributed by atoms with Crippen molar-refractivity contribution < 1.29 is 9.59 Å². The summed E-state index contributed by atoms with van der Waals surface area (Å²) in [7, 11) is 5.83. The minimum atomic E-state index is -0.555. The second kappa shape index (κ2) is 43.5. The van der Waals surface area contributed by atoms with Crippen molar-refractivity contribution in [2.75, 3.05) is 11.5 Å². The van der Waals surface area contributed by atoms with Crippen molar-refractivity contribution in [3.8, 4) is 0 Å². The highest BCUT2D eigenvalue weighted by Crippen LogP contribution is 2.22. The molecule has 0 aliphatic heterocycles. The molecule has 0 aromatic carbocycles. The summed E-state index contributed by atoms with van der Waals surface area (Å²) in [5.41, 5.74) is 0. The SMILES string of the molecule is CCCCCCCCCCCCCCCCCCCSSNC(=O)C(=O)NSSCCCCCCCCCCCCCCCCCCC. The first kappa shape index (κ1) is 48.3. The highest BCUT2D eigenvalue weighted by molar-refractivity contribution is 8.76. The molecule has 2 N–H and O–H groups in total. The average molecular weight is 749 g/mol. The Bertz CT molecular complexity index is 603. The van der Waals surface area contributed by atoms with Crippen LogP contribution in [0.25, 0.3) is 0 Å². The van der Waals surface area contributed by atoms with Gasteiger partial charge in [0.2, 0.25) is 0 Å². The molecule has 8 heteroatoms. The Hall–Kier alpha value is 0.340. The second-order valence-electron chi connectivity index (χ2n) is 14.0. The summed E-state index contributed by atoms with van der Waals surface area (Å²) in [6, 6.07) is 0. The number of nitrogens with one attached hydrogen (secondary N) is 2. The number of amides is 2. The first-order valence-corrected chi connectivity index (χ1v) is 25.5. The smallest absolute Gasteiger partial charge is 0.283 e. The van der Waals surface area contributed by atoms with E-state index in [1.165, 1.54) is 240 Å². The van der Waals surface area contributed by atoms with Gasteiger partial charge in [0, 0.05) is 33.5 Å². The Morgan fingerprint density at radius 2 is 0.500 bits per heavy atom. The number of hydrogen-bond donors (Lipinski definition) is 2. The van der Waals surface area contributed by atoms with Gasteiger partial charge in [-0.25, -0.2) is 0 Å². The lowest BCUT2D eigenvalue weighted by atomic mass is 10.0. The minimum Gasteiger partial charge on any atom is -0.283 e. The van der Waals surface area contributed by atoms with Crippen LogP contribution in [0, 0.1) is 0 Å². The van der Waals surface area contributed by atoms with Gasteiger partial charge in [-0.3, -0.25) is 19.0 Å². The number of rotatable bonds is 40. The Balaban J connectivity index is 3.25. The molecule has 2 amide bonds. The molecule has 0 spiro atoms. The Labute approximate surface area is 316 Å². The van der Waals surface area contributed by atoms with Gasteiger partial charge in [-0.2, -0.15) is 0 Å². The molecule has 48 heavy (non-hydrogen) atoms. The molecule has 0 bridgehead atoms. The normalized spacial score (nSPS) is 11.3. The molecule has 0 rings (SSSR count). The maximum atomic E-state index is 12.0. The first-order chi connectivity index (χ1) is 23.7. The molecule has 0 saturated heterocycles. The summed E-state index contributed by atoms with van der Waals surface area (Å²) in [6.07, 6.45) is 47.1. The fourth-order valence-electron chi connectivity index (χ4n) is 6.08. The monoisotopic (exact) mass is 749 g/mol. The van der Waals surface area contributed by atoms with E-state index in [1.807, 2.05) is 0 Å². The Kier molecular flexibility index (Phi) is 43.8. The molecule has 0 aliphatic rings. The second-order valence-corrected chi connectivity index (χ2v) is 18.4. The molecular formula is C40H80N2O2S4. The van der Waals surface area contributed by atoms with Crippen molar-refractivity contribution >= 4 is 55.4 Å². The summed E-state index contributed by atoms with van der Waals surface area (Å²) < 4.78 is 5.31. The number of hydrogen-bond acceptors (Lipinski definition) is 6. The predicted molar refractivity (Wildman–Crippen MR) is 225 cm³/mol. The first-order valence-electron chi connectivity index (χ1n) is 20.9. The lowest BCUT2D eigenvalue weighted by Crippen LogP contribution is -2.32. The van der Waals surface area contributed by atoms with Crippen LogP contribution in [0.1, 0.15) is 232 Å². The number of carbonyl (C=O) groups is 2. The molecule has 0 fully saturated rings. The summed E-state index contributed by atoms with van der Waals surface area (Å²) in [5, 5.41) is 0. The van der Waals surface area contributed by atoms with Crippen molar-refractivity contribution in [1.82, 2.24) is 9.44 Å². The van der Waals surface area contributed by atoms with Crippen LogP contribution in [0.15, 0.2) is 0 Å². The molecule has 0 unspecified atom stereocenters.